The molecule has 0 radical (unpaired) electrons. The quantitative estimate of drug-likeness (QED) is 0.717. The first-order valence-corrected chi connectivity index (χ1v) is 6.74. The van der Waals surface area contributed by atoms with Crippen LogP contribution in [0.15, 0.2) is 48.5 Å². The maximum Gasteiger partial charge on any atom is 0.128 e. The maximum absolute atomic E-state index is 13.7. The molecular formula is C16H18F2N2O. The van der Waals surface area contributed by atoms with Gasteiger partial charge in [-0.05, 0) is 19.1 Å². The summed E-state index contributed by atoms with van der Waals surface area (Å²) in [6.45, 7) is 1.50. The zero-order valence-electron chi connectivity index (χ0n) is 11.7. The molecule has 2 unspecified atom stereocenters. The Morgan fingerprint density at radius 2 is 1.43 bits per heavy atom. The van der Waals surface area contributed by atoms with Crippen molar-refractivity contribution in [1.29, 1.82) is 0 Å². The molecule has 5 heteroatoms. The molecule has 2 aromatic rings. The van der Waals surface area contributed by atoms with Crippen molar-refractivity contribution in [3.63, 3.8) is 0 Å². The van der Waals surface area contributed by atoms with E-state index in [1.807, 2.05) is 0 Å². The molecule has 3 N–H and O–H groups in total. The van der Waals surface area contributed by atoms with Gasteiger partial charge >= 0.3 is 0 Å². The second kappa shape index (κ2) is 7.26. The van der Waals surface area contributed by atoms with Gasteiger partial charge in [0.2, 0.25) is 0 Å². The van der Waals surface area contributed by atoms with E-state index in [4.69, 9.17) is 0 Å². The lowest BCUT2D eigenvalue weighted by Gasteiger charge is -2.22. The topological polar surface area (TPSA) is 44.3 Å². The summed E-state index contributed by atoms with van der Waals surface area (Å²) in [6, 6.07) is 11.7. The van der Waals surface area contributed by atoms with Crippen LogP contribution in [0.5, 0.6) is 0 Å². The van der Waals surface area contributed by atoms with Crippen LogP contribution in [-0.4, -0.2) is 11.7 Å². The van der Waals surface area contributed by atoms with Crippen molar-refractivity contribution >= 4 is 0 Å². The van der Waals surface area contributed by atoms with E-state index in [0.29, 0.717) is 11.1 Å². The van der Waals surface area contributed by atoms with E-state index < -0.39 is 11.9 Å². The lowest BCUT2D eigenvalue weighted by Crippen LogP contribution is -2.39. The van der Waals surface area contributed by atoms with Gasteiger partial charge < -0.3 is 5.11 Å². The number of aliphatic hydroxyl groups excluding tert-OH is 1. The molecule has 2 aromatic carbocycles. The average Bonchev–Trinajstić information content (AvgIpc) is 2.49. The number of hydrogen-bond donors (Lipinski definition) is 3. The number of hydrogen-bond acceptors (Lipinski definition) is 3. The van der Waals surface area contributed by atoms with E-state index >= 15 is 0 Å². The number of benzene rings is 2. The minimum absolute atomic E-state index is 0.280. The predicted molar refractivity (Wildman–Crippen MR) is 77.3 cm³/mol. The molecule has 0 aromatic heterocycles. The van der Waals surface area contributed by atoms with Crippen LogP contribution in [0.25, 0.3) is 0 Å². The van der Waals surface area contributed by atoms with Crippen molar-refractivity contribution in [2.45, 2.75) is 19.0 Å². The van der Waals surface area contributed by atoms with E-state index in [2.05, 4.69) is 10.9 Å². The van der Waals surface area contributed by atoms with Crippen molar-refractivity contribution < 1.29 is 13.9 Å². The number of aliphatic hydroxyl groups is 1. The Kier molecular flexibility index (Phi) is 5.38. The standard InChI is InChI=1S/C16H18F2N2O/c1-11(12-6-2-4-8-14(12)17)19-20-16(10-21)13-7-3-5-9-15(13)18/h2-9,11,16,19-21H,10H2,1H3. The molecule has 21 heavy (non-hydrogen) atoms. The van der Waals surface area contributed by atoms with Crippen LogP contribution in [-0.2, 0) is 0 Å². The van der Waals surface area contributed by atoms with Crippen LogP contribution in [0, 0.1) is 11.6 Å². The monoisotopic (exact) mass is 292 g/mol. The number of rotatable bonds is 6. The fraction of sp³-hybridized carbons (Fsp3) is 0.250. The minimum atomic E-state index is -0.611. The summed E-state index contributed by atoms with van der Waals surface area (Å²) < 4.78 is 27.4. The molecule has 0 saturated carbocycles. The van der Waals surface area contributed by atoms with Crippen molar-refractivity contribution in [3.05, 3.63) is 71.3 Å². The molecule has 112 valence electrons. The summed E-state index contributed by atoms with van der Waals surface area (Å²) >= 11 is 0. The predicted octanol–water partition coefficient (Wildman–Crippen LogP) is 2.85. The van der Waals surface area contributed by atoms with E-state index in [9.17, 15) is 13.9 Å². The molecule has 3 nitrogen and oxygen atoms in total. The van der Waals surface area contributed by atoms with Gasteiger partial charge in [0.05, 0.1) is 12.6 Å². The van der Waals surface area contributed by atoms with Gasteiger partial charge in [-0.15, -0.1) is 0 Å². The zero-order valence-corrected chi connectivity index (χ0v) is 11.7. The molecule has 0 aliphatic rings. The molecule has 0 bridgehead atoms. The van der Waals surface area contributed by atoms with Gasteiger partial charge in [-0.25, -0.2) is 19.6 Å². The first kappa shape index (κ1) is 15.6. The maximum atomic E-state index is 13.7. The second-order valence-electron chi connectivity index (χ2n) is 4.79. The van der Waals surface area contributed by atoms with Gasteiger partial charge in [0.1, 0.15) is 11.6 Å². The highest BCUT2D eigenvalue weighted by molar-refractivity contribution is 5.22. The van der Waals surface area contributed by atoms with Crippen molar-refractivity contribution in [3.8, 4) is 0 Å². The van der Waals surface area contributed by atoms with Crippen LogP contribution in [0.3, 0.4) is 0 Å². The number of nitrogens with one attached hydrogen (secondary N) is 2. The van der Waals surface area contributed by atoms with Gasteiger partial charge in [0.25, 0.3) is 0 Å². The van der Waals surface area contributed by atoms with E-state index in [1.165, 1.54) is 12.1 Å². The normalized spacial score (nSPS) is 13.9. The summed E-state index contributed by atoms with van der Waals surface area (Å²) in [5, 5.41) is 9.40. The highest BCUT2D eigenvalue weighted by atomic mass is 19.1. The molecule has 0 aliphatic carbocycles. The van der Waals surface area contributed by atoms with Gasteiger partial charge in [0, 0.05) is 17.2 Å². The lowest BCUT2D eigenvalue weighted by molar-refractivity contribution is 0.221. The zero-order chi connectivity index (χ0) is 15.2. The Morgan fingerprint density at radius 3 is 1.95 bits per heavy atom. The van der Waals surface area contributed by atoms with Crippen LogP contribution in [0.2, 0.25) is 0 Å². The smallest absolute Gasteiger partial charge is 0.128 e. The minimum Gasteiger partial charge on any atom is -0.394 e. The van der Waals surface area contributed by atoms with Crippen molar-refractivity contribution in [1.82, 2.24) is 10.9 Å². The van der Waals surface area contributed by atoms with Crippen LogP contribution in [0.1, 0.15) is 30.1 Å². The highest BCUT2D eigenvalue weighted by Crippen LogP contribution is 2.18. The summed E-state index contributed by atoms with van der Waals surface area (Å²) in [4.78, 5) is 0. The van der Waals surface area contributed by atoms with Gasteiger partial charge in [-0.2, -0.15) is 0 Å². The summed E-state index contributed by atoms with van der Waals surface area (Å²) in [5.74, 6) is -0.713. The number of halogens is 2. The highest BCUT2D eigenvalue weighted by Gasteiger charge is 2.16. The fourth-order valence-corrected chi connectivity index (χ4v) is 2.11. The van der Waals surface area contributed by atoms with Crippen LogP contribution < -0.4 is 10.9 Å². The second-order valence-corrected chi connectivity index (χ2v) is 4.79. The van der Waals surface area contributed by atoms with E-state index in [1.54, 1.807) is 43.3 Å². The van der Waals surface area contributed by atoms with E-state index in [-0.39, 0.29) is 18.5 Å². The third-order valence-electron chi connectivity index (χ3n) is 3.31. The first-order valence-electron chi connectivity index (χ1n) is 6.74. The Labute approximate surface area is 122 Å². The Morgan fingerprint density at radius 1 is 0.905 bits per heavy atom. The van der Waals surface area contributed by atoms with Crippen LogP contribution >= 0.6 is 0 Å². The lowest BCUT2D eigenvalue weighted by atomic mass is 10.1. The molecule has 0 saturated heterocycles. The third kappa shape index (κ3) is 3.85. The third-order valence-corrected chi connectivity index (χ3v) is 3.31. The summed E-state index contributed by atoms with van der Waals surface area (Å²) in [6.07, 6.45) is 0. The SMILES string of the molecule is CC(NNC(CO)c1ccccc1F)c1ccccc1F. The first-order chi connectivity index (χ1) is 10.1. The molecule has 0 aliphatic heterocycles. The molecule has 2 rings (SSSR count). The van der Waals surface area contributed by atoms with Crippen LogP contribution in [0.4, 0.5) is 8.78 Å². The van der Waals surface area contributed by atoms with Crippen molar-refractivity contribution in [2.75, 3.05) is 6.61 Å². The molecule has 0 spiro atoms. The Balaban J connectivity index is 2.04. The number of hydrazine groups is 1. The van der Waals surface area contributed by atoms with Crippen molar-refractivity contribution in [2.24, 2.45) is 0 Å². The van der Waals surface area contributed by atoms with Gasteiger partial charge in [-0.3, -0.25) is 0 Å². The Hall–Kier alpha value is -1.82. The molecule has 2 atom stereocenters. The molecular weight excluding hydrogens is 274 g/mol. The molecule has 0 amide bonds. The Bertz CT molecular complexity index is 592. The van der Waals surface area contributed by atoms with Gasteiger partial charge in [0.15, 0.2) is 0 Å². The summed E-state index contributed by atoms with van der Waals surface area (Å²) in [7, 11) is 0. The fourth-order valence-electron chi connectivity index (χ4n) is 2.11. The largest absolute Gasteiger partial charge is 0.394 e. The molecule has 0 fully saturated rings. The summed E-state index contributed by atoms with van der Waals surface area (Å²) in [5.41, 5.74) is 6.60. The average molecular weight is 292 g/mol. The van der Waals surface area contributed by atoms with E-state index in [0.717, 1.165) is 0 Å². The molecule has 0 heterocycles. The van der Waals surface area contributed by atoms with Gasteiger partial charge in [-0.1, -0.05) is 36.4 Å².